The van der Waals surface area contributed by atoms with Crippen LogP contribution in [-0.2, 0) is 4.74 Å². The molecule has 0 aromatic carbocycles. The minimum absolute atomic E-state index is 0.308. The van der Waals surface area contributed by atoms with Gasteiger partial charge in [0.25, 0.3) is 0 Å². The second-order valence-corrected chi connectivity index (χ2v) is 5.68. The van der Waals surface area contributed by atoms with E-state index in [1.165, 1.54) is 12.8 Å². The normalized spacial score (nSPS) is 17.7. The molecule has 1 fully saturated rings. The molecule has 0 unspecified atom stereocenters. The van der Waals surface area contributed by atoms with Crippen LogP contribution in [0.15, 0.2) is 12.7 Å². The third-order valence-electron chi connectivity index (χ3n) is 2.84. The molecule has 1 N–H and O–H groups in total. The summed E-state index contributed by atoms with van der Waals surface area (Å²) in [5.41, 5.74) is -0.0903. The van der Waals surface area contributed by atoms with Gasteiger partial charge in [-0.3, -0.25) is 0 Å². The fourth-order valence-electron chi connectivity index (χ4n) is 1.67. The first-order valence-electron chi connectivity index (χ1n) is 5.95. The molecular formula is C13H23NO2. The van der Waals surface area contributed by atoms with E-state index >= 15 is 0 Å². The van der Waals surface area contributed by atoms with Gasteiger partial charge in [0.1, 0.15) is 5.60 Å². The minimum atomic E-state index is -0.415. The summed E-state index contributed by atoms with van der Waals surface area (Å²) < 4.78 is 5.20. The first kappa shape index (κ1) is 13.1. The van der Waals surface area contributed by atoms with Crippen LogP contribution in [0.1, 0.15) is 46.5 Å². The molecule has 0 bridgehead atoms. The number of allylic oxidation sites excluding steroid dienone is 1. The summed E-state index contributed by atoms with van der Waals surface area (Å²) in [6, 6.07) is 0. The van der Waals surface area contributed by atoms with Gasteiger partial charge < -0.3 is 10.1 Å². The Morgan fingerprint density at radius 2 is 2.12 bits per heavy atom. The lowest BCUT2D eigenvalue weighted by Gasteiger charge is -2.21. The Morgan fingerprint density at radius 1 is 1.50 bits per heavy atom. The van der Waals surface area contributed by atoms with Crippen LogP contribution in [0.3, 0.4) is 0 Å². The number of nitrogens with one attached hydrogen (secondary N) is 1. The Morgan fingerprint density at radius 3 is 2.56 bits per heavy atom. The second-order valence-electron chi connectivity index (χ2n) is 5.68. The largest absolute Gasteiger partial charge is 0.444 e. The number of carbonyl (C=O) groups is 1. The van der Waals surface area contributed by atoms with Crippen molar-refractivity contribution in [3.63, 3.8) is 0 Å². The van der Waals surface area contributed by atoms with Crippen molar-refractivity contribution in [2.75, 3.05) is 6.54 Å². The van der Waals surface area contributed by atoms with Crippen LogP contribution < -0.4 is 5.32 Å². The molecule has 0 spiro atoms. The molecule has 0 aromatic rings. The Labute approximate surface area is 98.2 Å². The smallest absolute Gasteiger partial charge is 0.407 e. The molecule has 0 saturated heterocycles. The van der Waals surface area contributed by atoms with Crippen LogP contribution in [0, 0.1) is 5.41 Å². The van der Waals surface area contributed by atoms with E-state index in [0.29, 0.717) is 5.41 Å². The van der Waals surface area contributed by atoms with Crippen LogP contribution in [0.5, 0.6) is 0 Å². The van der Waals surface area contributed by atoms with Crippen LogP contribution in [0.2, 0.25) is 0 Å². The number of amides is 1. The Hall–Kier alpha value is -0.990. The van der Waals surface area contributed by atoms with Crippen LogP contribution >= 0.6 is 0 Å². The van der Waals surface area contributed by atoms with E-state index in [1.54, 1.807) is 0 Å². The average molecular weight is 225 g/mol. The van der Waals surface area contributed by atoms with Gasteiger partial charge in [-0.25, -0.2) is 4.79 Å². The van der Waals surface area contributed by atoms with Crippen LogP contribution in [0.25, 0.3) is 0 Å². The standard InChI is InChI=1S/C13H23NO2/c1-5-6-7-13(8-9-13)10-14-11(15)16-12(2,3)4/h5H,1,6-10H2,2-4H3,(H,14,15). The number of alkyl carbamates (subject to hydrolysis) is 1. The van der Waals surface area contributed by atoms with E-state index < -0.39 is 5.60 Å². The number of hydrogen-bond donors (Lipinski definition) is 1. The molecule has 0 atom stereocenters. The summed E-state index contributed by atoms with van der Waals surface area (Å²) in [5, 5.41) is 2.86. The zero-order chi connectivity index (χ0) is 12.2. The zero-order valence-electron chi connectivity index (χ0n) is 10.6. The second kappa shape index (κ2) is 4.89. The van der Waals surface area contributed by atoms with Crippen LogP contribution in [0.4, 0.5) is 4.79 Å². The molecule has 1 aliphatic carbocycles. The number of hydrogen-bond acceptors (Lipinski definition) is 2. The van der Waals surface area contributed by atoms with E-state index in [9.17, 15) is 4.79 Å². The van der Waals surface area contributed by atoms with Crippen molar-refractivity contribution < 1.29 is 9.53 Å². The summed E-state index contributed by atoms with van der Waals surface area (Å²) in [7, 11) is 0. The molecule has 3 nitrogen and oxygen atoms in total. The van der Waals surface area contributed by atoms with Crippen molar-refractivity contribution >= 4 is 6.09 Å². The molecule has 1 saturated carbocycles. The molecule has 0 heterocycles. The summed E-state index contributed by atoms with van der Waals surface area (Å²) >= 11 is 0. The predicted molar refractivity (Wildman–Crippen MR) is 65.3 cm³/mol. The third-order valence-corrected chi connectivity index (χ3v) is 2.84. The Kier molecular flexibility index (Phi) is 4.00. The Balaban J connectivity index is 2.24. The molecular weight excluding hydrogens is 202 g/mol. The first-order chi connectivity index (χ1) is 7.37. The molecule has 92 valence electrons. The maximum Gasteiger partial charge on any atom is 0.407 e. The van der Waals surface area contributed by atoms with E-state index in [1.807, 2.05) is 26.8 Å². The molecule has 1 aliphatic rings. The number of rotatable bonds is 5. The fourth-order valence-corrected chi connectivity index (χ4v) is 1.67. The highest BCUT2D eigenvalue weighted by molar-refractivity contribution is 5.67. The zero-order valence-corrected chi connectivity index (χ0v) is 10.6. The summed E-state index contributed by atoms with van der Waals surface area (Å²) in [6.07, 6.45) is 6.18. The quantitative estimate of drug-likeness (QED) is 0.729. The summed E-state index contributed by atoms with van der Waals surface area (Å²) in [5.74, 6) is 0. The number of carbonyl (C=O) groups excluding carboxylic acids is 1. The highest BCUT2D eigenvalue weighted by Gasteiger charge is 2.41. The average Bonchev–Trinajstić information content (AvgIpc) is 2.90. The van der Waals surface area contributed by atoms with Crippen LogP contribution in [-0.4, -0.2) is 18.2 Å². The van der Waals surface area contributed by atoms with E-state index in [4.69, 9.17) is 4.74 Å². The van der Waals surface area contributed by atoms with E-state index in [2.05, 4.69) is 11.9 Å². The maximum absolute atomic E-state index is 11.5. The monoisotopic (exact) mass is 225 g/mol. The molecule has 0 radical (unpaired) electrons. The lowest BCUT2D eigenvalue weighted by Crippen LogP contribution is -2.35. The minimum Gasteiger partial charge on any atom is -0.444 e. The van der Waals surface area contributed by atoms with Crippen molar-refractivity contribution in [2.45, 2.75) is 52.1 Å². The summed E-state index contributed by atoms with van der Waals surface area (Å²) in [4.78, 5) is 11.5. The molecule has 0 aromatic heterocycles. The van der Waals surface area contributed by atoms with Gasteiger partial charge in [-0.15, -0.1) is 6.58 Å². The molecule has 16 heavy (non-hydrogen) atoms. The van der Waals surface area contributed by atoms with Crippen molar-refractivity contribution in [2.24, 2.45) is 5.41 Å². The SMILES string of the molecule is C=CCCC1(CNC(=O)OC(C)(C)C)CC1. The maximum atomic E-state index is 11.5. The highest BCUT2D eigenvalue weighted by Crippen LogP contribution is 2.49. The van der Waals surface area contributed by atoms with Gasteiger partial charge in [0, 0.05) is 6.54 Å². The van der Waals surface area contributed by atoms with Gasteiger partial charge >= 0.3 is 6.09 Å². The Bertz CT molecular complexity index is 262. The summed E-state index contributed by atoms with van der Waals surface area (Å²) in [6.45, 7) is 10.1. The number of ether oxygens (including phenoxy) is 1. The van der Waals surface area contributed by atoms with Gasteiger partial charge in [-0.05, 0) is 51.9 Å². The molecule has 0 aliphatic heterocycles. The lowest BCUT2D eigenvalue weighted by atomic mass is 10.0. The van der Waals surface area contributed by atoms with Gasteiger partial charge in [0.2, 0.25) is 0 Å². The van der Waals surface area contributed by atoms with Gasteiger partial charge in [-0.1, -0.05) is 6.08 Å². The molecule has 3 heteroatoms. The molecule has 1 amide bonds. The first-order valence-corrected chi connectivity index (χ1v) is 5.95. The van der Waals surface area contributed by atoms with Gasteiger partial charge in [0.15, 0.2) is 0 Å². The van der Waals surface area contributed by atoms with Crippen molar-refractivity contribution in [3.05, 3.63) is 12.7 Å². The topological polar surface area (TPSA) is 38.3 Å². The predicted octanol–water partition coefficient (Wildman–Crippen LogP) is 3.26. The van der Waals surface area contributed by atoms with Crippen molar-refractivity contribution in [3.8, 4) is 0 Å². The van der Waals surface area contributed by atoms with Gasteiger partial charge in [0.05, 0.1) is 0 Å². The molecule has 1 rings (SSSR count). The van der Waals surface area contributed by atoms with Gasteiger partial charge in [-0.2, -0.15) is 0 Å². The van der Waals surface area contributed by atoms with E-state index in [-0.39, 0.29) is 6.09 Å². The third kappa shape index (κ3) is 4.69. The van der Waals surface area contributed by atoms with E-state index in [0.717, 1.165) is 19.4 Å². The lowest BCUT2D eigenvalue weighted by molar-refractivity contribution is 0.0515. The fraction of sp³-hybridized carbons (Fsp3) is 0.769. The van der Waals surface area contributed by atoms with Crippen molar-refractivity contribution in [1.29, 1.82) is 0 Å². The van der Waals surface area contributed by atoms with Crippen molar-refractivity contribution in [1.82, 2.24) is 5.32 Å². The highest BCUT2D eigenvalue weighted by atomic mass is 16.6.